The third-order valence-corrected chi connectivity index (χ3v) is 10.7. The fraction of sp³-hybridized carbons (Fsp3) is 0. The Balaban J connectivity index is 1.25. The number of benzene rings is 5. The van der Waals surface area contributed by atoms with E-state index >= 15 is 0 Å². The molecule has 0 saturated carbocycles. The summed E-state index contributed by atoms with van der Waals surface area (Å²) in [7, 11) is 0. The van der Waals surface area contributed by atoms with Gasteiger partial charge in [-0.15, -0.1) is 0 Å². The topological polar surface area (TPSA) is 121 Å². The smallest absolute Gasteiger partial charge is 0.265 e. The Morgan fingerprint density at radius 1 is 0.357 bits per heavy atom. The van der Waals surface area contributed by atoms with Crippen molar-refractivity contribution in [1.82, 2.24) is 9.97 Å². The lowest BCUT2D eigenvalue weighted by atomic mass is 9.38. The molecule has 0 saturated heterocycles. The Morgan fingerprint density at radius 3 is 1.11 bits per heavy atom. The minimum Gasteiger partial charge on any atom is -0.270 e. The molecule has 0 bridgehead atoms. The van der Waals surface area contributed by atoms with Crippen LogP contribution in [0.5, 0.6) is 0 Å². The molecule has 7 aromatic rings. The first kappa shape index (κ1) is 33.8. The van der Waals surface area contributed by atoms with E-state index < -0.39 is 0 Å². The van der Waals surface area contributed by atoms with Gasteiger partial charge < -0.3 is 0 Å². The summed E-state index contributed by atoms with van der Waals surface area (Å²) in [6.07, 6.45) is 3.57. The van der Waals surface area contributed by atoms with Crippen molar-refractivity contribution in [3.63, 3.8) is 0 Å². The van der Waals surface area contributed by atoms with Crippen molar-refractivity contribution in [1.29, 1.82) is 21.0 Å². The van der Waals surface area contributed by atoms with Crippen LogP contribution in [0.25, 0.3) is 33.4 Å². The number of pyridine rings is 2. The summed E-state index contributed by atoms with van der Waals surface area (Å²) in [6.45, 7) is -0.388. The van der Waals surface area contributed by atoms with Crippen molar-refractivity contribution in [2.45, 2.75) is 0 Å². The molecule has 6 nitrogen and oxygen atoms in total. The molecule has 0 unspecified atom stereocenters. The Labute approximate surface area is 325 Å². The Morgan fingerprint density at radius 2 is 0.732 bits per heavy atom. The van der Waals surface area contributed by atoms with Gasteiger partial charge in [0.25, 0.3) is 13.4 Å². The van der Waals surface area contributed by atoms with Crippen LogP contribution in [-0.4, -0.2) is 23.4 Å². The van der Waals surface area contributed by atoms with E-state index in [1.54, 1.807) is 12.4 Å². The molecule has 0 spiro atoms. The predicted octanol–water partition coefficient (Wildman–Crippen LogP) is 5.17. The van der Waals surface area contributed by atoms with E-state index in [9.17, 15) is 21.0 Å². The minimum atomic E-state index is -0.194. The summed E-state index contributed by atoms with van der Waals surface area (Å²) >= 11 is 0. The molecule has 5 aromatic carbocycles. The second-order valence-electron chi connectivity index (χ2n) is 13.7. The Kier molecular flexibility index (Phi) is 8.49. The van der Waals surface area contributed by atoms with Gasteiger partial charge in [-0.3, -0.25) is 9.97 Å². The second-order valence-corrected chi connectivity index (χ2v) is 13.7. The molecular weight excluding hydrogens is 682 g/mol. The van der Waals surface area contributed by atoms with Crippen molar-refractivity contribution < 1.29 is 0 Å². The molecule has 2 heterocycles. The number of hydrogen-bond donors (Lipinski definition) is 0. The maximum absolute atomic E-state index is 10.4. The van der Waals surface area contributed by atoms with Crippen LogP contribution in [0.2, 0.25) is 0 Å². The van der Waals surface area contributed by atoms with Crippen LogP contribution < -0.4 is 33.0 Å². The van der Waals surface area contributed by atoms with Gasteiger partial charge in [0, 0.05) is 34.7 Å². The number of aromatic nitrogens is 2. The van der Waals surface area contributed by atoms with E-state index in [2.05, 4.69) is 91.0 Å². The monoisotopic (exact) mass is 708 g/mol. The van der Waals surface area contributed by atoms with Gasteiger partial charge >= 0.3 is 0 Å². The lowest BCUT2D eigenvalue weighted by molar-refractivity contribution is 1.38. The molecule has 0 aliphatic heterocycles. The average Bonchev–Trinajstić information content (AvgIpc) is 3.74. The van der Waals surface area contributed by atoms with Gasteiger partial charge in [0.2, 0.25) is 0 Å². The first-order chi connectivity index (χ1) is 27.6. The summed E-state index contributed by atoms with van der Waals surface area (Å²) < 4.78 is 0. The molecule has 0 fully saturated rings. The molecule has 254 valence electrons. The highest BCUT2D eigenvalue weighted by atomic mass is 14.6. The van der Waals surface area contributed by atoms with E-state index in [0.29, 0.717) is 22.3 Å². The van der Waals surface area contributed by atoms with Crippen LogP contribution >= 0.6 is 0 Å². The number of nitrogens with zero attached hydrogens (tertiary/aromatic N) is 6. The van der Waals surface area contributed by atoms with Gasteiger partial charge in [0.1, 0.15) is 35.4 Å². The van der Waals surface area contributed by atoms with Crippen molar-refractivity contribution in [3.8, 4) is 46.5 Å². The summed E-state index contributed by atoms with van der Waals surface area (Å²) in [5.74, 6) is 0. The quantitative estimate of drug-likeness (QED) is 0.174. The zero-order valence-electron chi connectivity index (χ0n) is 29.8. The van der Waals surface area contributed by atoms with Crippen molar-refractivity contribution in [2.75, 3.05) is 0 Å². The molecule has 2 aromatic heterocycles. The van der Waals surface area contributed by atoms with Gasteiger partial charge in [-0.1, -0.05) is 131 Å². The first-order valence-corrected chi connectivity index (χ1v) is 18.1. The van der Waals surface area contributed by atoms with Gasteiger partial charge in [-0.25, -0.2) is 0 Å². The number of allylic oxidation sites excluding steroid dienone is 2. The molecule has 8 heteroatoms. The third kappa shape index (κ3) is 5.50. The highest BCUT2D eigenvalue weighted by Gasteiger charge is 2.36. The van der Waals surface area contributed by atoms with Crippen molar-refractivity contribution in [2.24, 2.45) is 0 Å². The van der Waals surface area contributed by atoms with E-state index in [4.69, 9.17) is 9.97 Å². The molecular formula is C48H26B2N6. The molecule has 9 rings (SSSR count). The lowest BCUT2D eigenvalue weighted by Gasteiger charge is -2.16. The number of fused-ring (bicyclic) bond motifs is 6. The Bertz CT molecular complexity index is 2640. The molecule has 0 N–H and O–H groups in total. The van der Waals surface area contributed by atoms with Crippen LogP contribution in [-0.2, 0) is 0 Å². The SMILES string of the molecule is N#CC(C#N)=C1c2cc(B(c3ccccc3)c3ccccn3)ccc2-c2cc3c(cc21)C(=C(C#N)C#N)c1cc(B(c2ccccc2)c2ccccn2)ccc1-3. The summed E-state index contributed by atoms with van der Waals surface area (Å²) in [5, 5.41) is 41.4. The zero-order chi connectivity index (χ0) is 38.2. The maximum Gasteiger partial charge on any atom is 0.265 e. The molecule has 0 radical (unpaired) electrons. The summed E-state index contributed by atoms with van der Waals surface area (Å²) in [6, 6.07) is 57.2. The molecule has 0 amide bonds. The number of hydrogen-bond acceptors (Lipinski definition) is 6. The highest BCUT2D eigenvalue weighted by molar-refractivity contribution is 6.95. The van der Waals surface area contributed by atoms with Crippen LogP contribution in [0, 0.1) is 45.3 Å². The van der Waals surface area contributed by atoms with Crippen LogP contribution in [0.3, 0.4) is 0 Å². The lowest BCUT2D eigenvalue weighted by Crippen LogP contribution is -2.53. The fourth-order valence-electron chi connectivity index (χ4n) is 8.38. The Hall–Kier alpha value is -8.03. The maximum atomic E-state index is 10.4. The first-order valence-electron chi connectivity index (χ1n) is 18.1. The largest absolute Gasteiger partial charge is 0.270 e. The second kappa shape index (κ2) is 14.1. The minimum absolute atomic E-state index is 0.0126. The molecule has 56 heavy (non-hydrogen) atoms. The molecule has 0 atom stereocenters. The van der Waals surface area contributed by atoms with Crippen LogP contribution in [0.4, 0.5) is 0 Å². The van der Waals surface area contributed by atoms with E-state index in [-0.39, 0.29) is 24.6 Å². The summed E-state index contributed by atoms with van der Waals surface area (Å²) in [5.41, 5.74) is 13.4. The predicted molar refractivity (Wildman–Crippen MR) is 222 cm³/mol. The van der Waals surface area contributed by atoms with Crippen molar-refractivity contribution >= 4 is 57.6 Å². The van der Waals surface area contributed by atoms with E-state index in [1.807, 2.05) is 78.9 Å². The fourth-order valence-corrected chi connectivity index (χ4v) is 8.38. The summed E-state index contributed by atoms with van der Waals surface area (Å²) in [4.78, 5) is 9.46. The van der Waals surface area contributed by atoms with Gasteiger partial charge in [-0.05, 0) is 80.9 Å². The average molecular weight is 708 g/mol. The number of nitriles is 4. The third-order valence-electron chi connectivity index (χ3n) is 10.7. The van der Waals surface area contributed by atoms with E-state index in [0.717, 1.165) is 66.4 Å². The van der Waals surface area contributed by atoms with Gasteiger partial charge in [-0.2, -0.15) is 21.0 Å². The van der Waals surface area contributed by atoms with Crippen LogP contribution in [0.1, 0.15) is 22.3 Å². The highest BCUT2D eigenvalue weighted by Crippen LogP contribution is 2.53. The number of rotatable bonds is 6. The molecule has 2 aliphatic carbocycles. The van der Waals surface area contributed by atoms with Gasteiger partial charge in [0.15, 0.2) is 0 Å². The van der Waals surface area contributed by atoms with Gasteiger partial charge in [0.05, 0.1) is 0 Å². The normalized spacial score (nSPS) is 11.4. The van der Waals surface area contributed by atoms with Crippen molar-refractivity contribution in [3.05, 3.63) is 191 Å². The van der Waals surface area contributed by atoms with E-state index in [1.165, 1.54) is 0 Å². The van der Waals surface area contributed by atoms with Crippen LogP contribution in [0.15, 0.2) is 169 Å². The molecule has 2 aliphatic rings. The standard InChI is InChI=1S/C48H26B2N6/c51-27-31(28-52)47-41-23-35(49(33-11-3-1-4-12-33)45-15-7-9-21-55-45)17-19-37(41)39-25-40-38-20-18-36(24-42(38)48(32(29-53)30-54)44(40)26-43(39)47)50(34-13-5-2-6-14-34)46-16-8-10-22-56-46/h1-26H. The zero-order valence-corrected chi connectivity index (χ0v) is 29.8.